The van der Waals surface area contributed by atoms with Crippen molar-refractivity contribution in [1.29, 1.82) is 0 Å². The van der Waals surface area contributed by atoms with Crippen LogP contribution in [0.5, 0.6) is 11.5 Å². The predicted molar refractivity (Wildman–Crippen MR) is 102 cm³/mol. The summed E-state index contributed by atoms with van der Waals surface area (Å²) in [5, 5.41) is 10.7. The van der Waals surface area contributed by atoms with Gasteiger partial charge in [0, 0.05) is 17.8 Å². The van der Waals surface area contributed by atoms with Gasteiger partial charge in [-0.1, -0.05) is 12.1 Å². The van der Waals surface area contributed by atoms with E-state index in [4.69, 9.17) is 4.74 Å². The van der Waals surface area contributed by atoms with Crippen LogP contribution in [0.1, 0.15) is 5.56 Å². The van der Waals surface area contributed by atoms with Crippen LogP contribution in [0.25, 0.3) is 0 Å². The van der Waals surface area contributed by atoms with E-state index in [9.17, 15) is 18.5 Å². The molecule has 8 heteroatoms. The molecule has 7 nitrogen and oxygen atoms in total. The molecular weight excluding hydrogens is 368 g/mol. The summed E-state index contributed by atoms with van der Waals surface area (Å²) in [6, 6.07) is 18.6. The molecule has 0 unspecified atom stereocenters. The third kappa shape index (κ3) is 4.62. The van der Waals surface area contributed by atoms with Crippen LogP contribution in [0.15, 0.2) is 77.7 Å². The minimum absolute atomic E-state index is 0.0361. The summed E-state index contributed by atoms with van der Waals surface area (Å²) in [6.07, 6.45) is 0. The fourth-order valence-corrected chi connectivity index (χ4v) is 3.43. The van der Waals surface area contributed by atoms with Crippen molar-refractivity contribution in [2.24, 2.45) is 0 Å². The monoisotopic (exact) mass is 384 g/mol. The number of nitrogens with one attached hydrogen (secondary N) is 1. The average Bonchev–Trinajstić information content (AvgIpc) is 2.62. The van der Waals surface area contributed by atoms with Crippen molar-refractivity contribution in [3.8, 4) is 11.5 Å². The van der Waals surface area contributed by atoms with Crippen LogP contribution in [-0.2, 0) is 10.0 Å². The van der Waals surface area contributed by atoms with E-state index in [0.29, 0.717) is 17.2 Å². The maximum Gasteiger partial charge on any atom is 0.269 e. The van der Waals surface area contributed by atoms with Gasteiger partial charge < -0.3 is 4.74 Å². The Morgan fingerprint density at radius 3 is 2.07 bits per heavy atom. The van der Waals surface area contributed by atoms with Gasteiger partial charge in [0.1, 0.15) is 11.5 Å². The lowest BCUT2D eigenvalue weighted by atomic mass is 10.2. The number of rotatable bonds is 6. The smallest absolute Gasteiger partial charge is 0.269 e. The molecule has 0 atom stereocenters. The molecule has 0 heterocycles. The number of ether oxygens (including phenoxy) is 1. The van der Waals surface area contributed by atoms with Crippen molar-refractivity contribution in [3.05, 3.63) is 88.5 Å². The molecule has 27 heavy (non-hydrogen) atoms. The van der Waals surface area contributed by atoms with E-state index >= 15 is 0 Å². The van der Waals surface area contributed by atoms with Crippen LogP contribution < -0.4 is 9.46 Å². The molecule has 3 aromatic rings. The highest BCUT2D eigenvalue weighted by Gasteiger charge is 2.14. The Kier molecular flexibility index (Phi) is 5.09. The van der Waals surface area contributed by atoms with E-state index in [2.05, 4.69) is 4.72 Å². The van der Waals surface area contributed by atoms with Gasteiger partial charge in [0.05, 0.1) is 9.82 Å². The van der Waals surface area contributed by atoms with E-state index in [-0.39, 0.29) is 10.6 Å². The SMILES string of the molecule is Cc1cccc(NS(=O)(=O)c2ccc(Oc3ccc([N+](=O)[O-])cc3)cc2)c1. The molecule has 0 aliphatic rings. The summed E-state index contributed by atoms with van der Waals surface area (Å²) >= 11 is 0. The lowest BCUT2D eigenvalue weighted by Crippen LogP contribution is -2.12. The van der Waals surface area contributed by atoms with Crippen LogP contribution in [-0.4, -0.2) is 13.3 Å². The summed E-state index contributed by atoms with van der Waals surface area (Å²) < 4.78 is 33.0. The lowest BCUT2D eigenvalue weighted by Gasteiger charge is -2.10. The molecule has 3 rings (SSSR count). The van der Waals surface area contributed by atoms with Gasteiger partial charge >= 0.3 is 0 Å². The average molecular weight is 384 g/mol. The highest BCUT2D eigenvalue weighted by molar-refractivity contribution is 7.92. The molecular formula is C19H16N2O5S. The van der Waals surface area contributed by atoms with Gasteiger partial charge in [-0.05, 0) is 61.0 Å². The maximum atomic E-state index is 12.5. The summed E-state index contributed by atoms with van der Waals surface area (Å²) in [5.41, 5.74) is 1.40. The van der Waals surface area contributed by atoms with Crippen molar-refractivity contribution in [1.82, 2.24) is 0 Å². The molecule has 0 fully saturated rings. The number of nitro benzene ring substituents is 1. The first-order valence-electron chi connectivity index (χ1n) is 7.95. The highest BCUT2D eigenvalue weighted by atomic mass is 32.2. The van der Waals surface area contributed by atoms with Crippen LogP contribution >= 0.6 is 0 Å². The Labute approximate surface area is 156 Å². The molecule has 0 aliphatic carbocycles. The Bertz CT molecular complexity index is 1060. The molecule has 0 spiro atoms. The molecule has 0 bridgehead atoms. The summed E-state index contributed by atoms with van der Waals surface area (Å²) in [4.78, 5) is 10.3. The molecule has 0 radical (unpaired) electrons. The second-order valence-electron chi connectivity index (χ2n) is 5.80. The van der Waals surface area contributed by atoms with Gasteiger partial charge in [0.25, 0.3) is 15.7 Å². The molecule has 0 amide bonds. The van der Waals surface area contributed by atoms with Gasteiger partial charge in [-0.25, -0.2) is 8.42 Å². The molecule has 0 aromatic heterocycles. The van der Waals surface area contributed by atoms with E-state index in [1.165, 1.54) is 48.5 Å². The molecule has 0 saturated carbocycles. The molecule has 1 N–H and O–H groups in total. The number of non-ortho nitro benzene ring substituents is 1. The van der Waals surface area contributed by atoms with Gasteiger partial charge in [0.15, 0.2) is 0 Å². The number of hydrogen-bond acceptors (Lipinski definition) is 5. The van der Waals surface area contributed by atoms with Crippen LogP contribution in [0.3, 0.4) is 0 Å². The summed E-state index contributed by atoms with van der Waals surface area (Å²) in [6.45, 7) is 1.88. The van der Waals surface area contributed by atoms with Crippen molar-refractivity contribution < 1.29 is 18.1 Å². The number of sulfonamides is 1. The maximum absolute atomic E-state index is 12.5. The van der Waals surface area contributed by atoms with Crippen molar-refractivity contribution >= 4 is 21.4 Å². The summed E-state index contributed by atoms with van der Waals surface area (Å²) in [5.74, 6) is 0.826. The highest BCUT2D eigenvalue weighted by Crippen LogP contribution is 2.25. The molecule has 138 valence electrons. The van der Waals surface area contributed by atoms with Crippen molar-refractivity contribution in [2.75, 3.05) is 4.72 Å². The van der Waals surface area contributed by atoms with Gasteiger partial charge in [0.2, 0.25) is 0 Å². The Morgan fingerprint density at radius 2 is 1.52 bits per heavy atom. The Balaban J connectivity index is 1.73. The van der Waals surface area contributed by atoms with E-state index in [1.807, 2.05) is 13.0 Å². The number of aryl methyl sites for hydroxylation is 1. The van der Waals surface area contributed by atoms with Crippen molar-refractivity contribution in [2.45, 2.75) is 11.8 Å². The second kappa shape index (κ2) is 7.46. The number of hydrogen-bond donors (Lipinski definition) is 1. The zero-order valence-electron chi connectivity index (χ0n) is 14.3. The van der Waals surface area contributed by atoms with Gasteiger partial charge in [-0.3, -0.25) is 14.8 Å². The molecule has 0 saturated heterocycles. The minimum Gasteiger partial charge on any atom is -0.457 e. The fraction of sp³-hybridized carbons (Fsp3) is 0.0526. The first-order chi connectivity index (χ1) is 12.8. The van der Waals surface area contributed by atoms with Gasteiger partial charge in [-0.15, -0.1) is 0 Å². The number of benzene rings is 3. The van der Waals surface area contributed by atoms with E-state index in [0.717, 1.165) is 5.56 Å². The first kappa shape index (κ1) is 18.4. The van der Waals surface area contributed by atoms with Crippen LogP contribution in [0.2, 0.25) is 0 Å². The predicted octanol–water partition coefficient (Wildman–Crippen LogP) is 4.50. The number of nitrogens with zero attached hydrogens (tertiary/aromatic N) is 1. The van der Waals surface area contributed by atoms with E-state index in [1.54, 1.807) is 18.2 Å². The largest absolute Gasteiger partial charge is 0.457 e. The van der Waals surface area contributed by atoms with Gasteiger partial charge in [-0.2, -0.15) is 0 Å². The Morgan fingerprint density at radius 1 is 0.926 bits per heavy atom. The Hall–Kier alpha value is -3.39. The van der Waals surface area contributed by atoms with E-state index < -0.39 is 14.9 Å². The zero-order chi connectivity index (χ0) is 19.4. The third-order valence-corrected chi connectivity index (χ3v) is 5.08. The standard InChI is InChI=1S/C19H16N2O5S/c1-14-3-2-4-15(13-14)20-27(24,25)19-11-9-18(10-12-19)26-17-7-5-16(6-8-17)21(22)23/h2-13,20H,1H3. The normalized spacial score (nSPS) is 11.0. The van der Waals surface area contributed by atoms with Crippen LogP contribution in [0, 0.1) is 17.0 Å². The molecule has 0 aliphatic heterocycles. The number of anilines is 1. The topological polar surface area (TPSA) is 98.5 Å². The fourth-order valence-electron chi connectivity index (χ4n) is 2.38. The number of nitro groups is 1. The first-order valence-corrected chi connectivity index (χ1v) is 9.44. The minimum atomic E-state index is -3.72. The lowest BCUT2D eigenvalue weighted by molar-refractivity contribution is -0.384. The zero-order valence-corrected chi connectivity index (χ0v) is 15.1. The quantitative estimate of drug-likeness (QED) is 0.498. The van der Waals surface area contributed by atoms with Crippen LogP contribution in [0.4, 0.5) is 11.4 Å². The molecule has 3 aromatic carbocycles. The second-order valence-corrected chi connectivity index (χ2v) is 7.48. The third-order valence-electron chi connectivity index (χ3n) is 3.69. The van der Waals surface area contributed by atoms with Crippen molar-refractivity contribution in [3.63, 3.8) is 0 Å². The summed E-state index contributed by atoms with van der Waals surface area (Å²) in [7, 11) is -3.72.